The predicted octanol–water partition coefficient (Wildman–Crippen LogP) is 1.37. The fourth-order valence-electron chi connectivity index (χ4n) is 5.85. The van der Waals surface area contributed by atoms with Gasteiger partial charge in [0, 0.05) is 64.1 Å². The van der Waals surface area contributed by atoms with Gasteiger partial charge in [0.15, 0.2) is 0 Å². The van der Waals surface area contributed by atoms with Crippen molar-refractivity contribution in [3.63, 3.8) is 0 Å². The van der Waals surface area contributed by atoms with E-state index in [0.717, 1.165) is 16.4 Å². The van der Waals surface area contributed by atoms with E-state index in [1.54, 1.807) is 28.1 Å². The van der Waals surface area contributed by atoms with Crippen LogP contribution in [-0.2, 0) is 14.3 Å². The number of benzene rings is 1. The summed E-state index contributed by atoms with van der Waals surface area (Å²) in [7, 11) is 1.59. The lowest BCUT2D eigenvalue weighted by molar-refractivity contribution is -0.716. The number of methoxy groups -OCH3 is 1. The zero-order valence-corrected chi connectivity index (χ0v) is 28.4. The number of aliphatic imine (C=N–C) groups is 1. The SMILES string of the molecule is COc1cc(N2CCN(C(=O)OC(C)(C)C)CC2)ccc1NN1C=C(N2CCN(C(=O)OC(C)(C)C)CC2)[NH+]2C=CN=C2C1C(N)=O. The molecule has 2 saturated heterocycles. The van der Waals surface area contributed by atoms with Crippen molar-refractivity contribution < 1.29 is 33.5 Å². The van der Waals surface area contributed by atoms with Gasteiger partial charge in [0.2, 0.25) is 17.7 Å². The van der Waals surface area contributed by atoms with Gasteiger partial charge in [0.05, 0.1) is 19.0 Å². The molecule has 2 unspecified atom stereocenters. The summed E-state index contributed by atoms with van der Waals surface area (Å²) < 4.78 is 16.9. The Balaban J connectivity index is 1.31. The van der Waals surface area contributed by atoms with Gasteiger partial charge in [-0.2, -0.15) is 0 Å². The number of hydrogen-bond acceptors (Lipinski definition) is 11. The lowest BCUT2D eigenvalue weighted by Gasteiger charge is -2.41. The van der Waals surface area contributed by atoms with Gasteiger partial charge in [0.25, 0.3) is 5.91 Å². The summed E-state index contributed by atoms with van der Waals surface area (Å²) in [6, 6.07) is 4.94. The van der Waals surface area contributed by atoms with Crippen LogP contribution in [0.5, 0.6) is 5.75 Å². The fraction of sp³-hybridized carbons (Fsp3) is 0.562. The summed E-state index contributed by atoms with van der Waals surface area (Å²) in [5, 5.41) is 1.67. The van der Waals surface area contributed by atoms with E-state index in [2.05, 4.69) is 20.2 Å². The number of amides is 3. The molecule has 3 amide bonds. The van der Waals surface area contributed by atoms with E-state index in [1.165, 1.54) is 0 Å². The quantitative estimate of drug-likeness (QED) is 0.411. The molecular weight excluding hydrogens is 606 g/mol. The maximum atomic E-state index is 12.8. The highest BCUT2D eigenvalue weighted by atomic mass is 16.6. The second-order valence-corrected chi connectivity index (χ2v) is 13.9. The van der Waals surface area contributed by atoms with Crippen molar-refractivity contribution in [1.29, 1.82) is 0 Å². The Morgan fingerprint density at radius 3 is 1.94 bits per heavy atom. The first kappa shape index (κ1) is 33.7. The molecule has 1 aromatic rings. The first-order valence-corrected chi connectivity index (χ1v) is 16.0. The van der Waals surface area contributed by atoms with Gasteiger partial charge in [-0.25, -0.2) is 19.5 Å². The van der Waals surface area contributed by atoms with Crippen LogP contribution < -0.4 is 25.7 Å². The molecule has 4 aliphatic heterocycles. The highest BCUT2D eigenvalue weighted by Crippen LogP contribution is 2.32. The molecule has 0 aliphatic carbocycles. The maximum absolute atomic E-state index is 12.8. The number of piperazine rings is 2. The van der Waals surface area contributed by atoms with Gasteiger partial charge < -0.3 is 39.5 Å². The Morgan fingerprint density at radius 2 is 1.43 bits per heavy atom. The number of fused-ring (bicyclic) bond motifs is 1. The minimum atomic E-state index is -0.864. The number of nitrogens with two attached hydrogens (primary N) is 1. The van der Waals surface area contributed by atoms with Crippen LogP contribution in [0.3, 0.4) is 0 Å². The maximum Gasteiger partial charge on any atom is 0.410 e. The number of nitrogens with one attached hydrogen (secondary N) is 2. The van der Waals surface area contributed by atoms with Gasteiger partial charge in [0.1, 0.15) is 29.4 Å². The number of hydrazine groups is 1. The van der Waals surface area contributed by atoms with E-state index in [4.69, 9.17) is 19.9 Å². The van der Waals surface area contributed by atoms with E-state index in [-0.39, 0.29) is 12.2 Å². The molecule has 0 radical (unpaired) electrons. The lowest BCUT2D eigenvalue weighted by Crippen LogP contribution is -3.12. The molecule has 0 spiro atoms. The van der Waals surface area contributed by atoms with E-state index in [0.29, 0.717) is 69.6 Å². The molecule has 1 aromatic carbocycles. The smallest absolute Gasteiger partial charge is 0.410 e. The van der Waals surface area contributed by atoms with Gasteiger partial charge in [-0.1, -0.05) is 0 Å². The summed E-state index contributed by atoms with van der Waals surface area (Å²) in [6.07, 6.45) is 4.79. The van der Waals surface area contributed by atoms with Crippen molar-refractivity contribution in [2.75, 3.05) is 69.8 Å². The van der Waals surface area contributed by atoms with Gasteiger partial charge in [-0.3, -0.25) is 15.2 Å². The van der Waals surface area contributed by atoms with Crippen LogP contribution in [0.2, 0.25) is 0 Å². The Hall–Kier alpha value is -4.66. The summed E-state index contributed by atoms with van der Waals surface area (Å²) in [6.45, 7) is 15.6. The van der Waals surface area contributed by atoms with Crippen LogP contribution in [0, 0.1) is 0 Å². The first-order chi connectivity index (χ1) is 22.1. The standard InChI is InChI=1S/C32H47N9O6/c1-31(2,3)46-29(43)38-16-12-36(13-17-38)22-8-9-23(24(20-22)45-7)35-41-21-25(40-11-10-34-28(40)26(41)27(33)42)37-14-18-39(19-15-37)30(44)47-32(4,5)6/h8-11,20-21,26,35H,12-19H2,1-7H3,(H2,33,42)/p+1. The van der Waals surface area contributed by atoms with Gasteiger partial charge >= 0.3 is 12.2 Å². The molecule has 15 heteroatoms. The Labute approximate surface area is 276 Å². The molecule has 0 aromatic heterocycles. The second-order valence-electron chi connectivity index (χ2n) is 13.9. The highest BCUT2D eigenvalue weighted by Gasteiger charge is 2.46. The molecule has 0 bridgehead atoms. The van der Waals surface area contributed by atoms with Gasteiger partial charge in [-0.15, -0.1) is 0 Å². The van der Waals surface area contributed by atoms with Crippen LogP contribution in [0.15, 0.2) is 47.6 Å². The topological polar surface area (TPSA) is 150 Å². The van der Waals surface area contributed by atoms with E-state index in [9.17, 15) is 14.4 Å². The first-order valence-electron chi connectivity index (χ1n) is 16.0. The lowest BCUT2D eigenvalue weighted by atomic mass is 10.1. The number of quaternary nitrogens is 1. The largest absolute Gasteiger partial charge is 0.494 e. The Morgan fingerprint density at radius 1 is 0.872 bits per heavy atom. The van der Waals surface area contributed by atoms with E-state index < -0.39 is 23.2 Å². The van der Waals surface area contributed by atoms with Gasteiger partial charge in [-0.05, 0) is 53.7 Å². The number of anilines is 2. The molecular formula is C32H48N9O6+. The average Bonchev–Trinajstić information content (AvgIpc) is 3.49. The minimum Gasteiger partial charge on any atom is -0.494 e. The van der Waals surface area contributed by atoms with Crippen LogP contribution in [0.1, 0.15) is 41.5 Å². The number of amidine groups is 1. The third-order valence-electron chi connectivity index (χ3n) is 8.08. The molecule has 47 heavy (non-hydrogen) atoms. The fourth-order valence-corrected chi connectivity index (χ4v) is 5.85. The molecule has 4 N–H and O–H groups in total. The van der Waals surface area contributed by atoms with E-state index in [1.807, 2.05) is 72.1 Å². The third kappa shape index (κ3) is 7.84. The van der Waals surface area contributed by atoms with Crippen molar-refractivity contribution in [3.8, 4) is 5.75 Å². The van der Waals surface area contributed by atoms with Crippen molar-refractivity contribution in [1.82, 2.24) is 19.7 Å². The number of nitrogens with zero attached hydrogens (tertiary/aromatic N) is 6. The summed E-state index contributed by atoms with van der Waals surface area (Å²) in [4.78, 5) is 51.1. The summed E-state index contributed by atoms with van der Waals surface area (Å²) in [5.41, 5.74) is 9.75. The average molecular weight is 655 g/mol. The van der Waals surface area contributed by atoms with Crippen molar-refractivity contribution in [3.05, 3.63) is 42.6 Å². The number of carbonyl (C=O) groups excluding carboxylic acids is 3. The zero-order valence-electron chi connectivity index (χ0n) is 28.4. The minimum absolute atomic E-state index is 0.306. The summed E-state index contributed by atoms with van der Waals surface area (Å²) in [5.74, 6) is 1.43. The second kappa shape index (κ2) is 13.2. The monoisotopic (exact) mass is 654 g/mol. The normalized spacial score (nSPS) is 21.6. The van der Waals surface area contributed by atoms with Crippen LogP contribution >= 0.6 is 0 Å². The molecule has 4 aliphatic rings. The molecule has 4 heterocycles. The molecule has 15 nitrogen and oxygen atoms in total. The molecule has 0 saturated carbocycles. The van der Waals surface area contributed by atoms with Crippen LogP contribution in [0.25, 0.3) is 0 Å². The van der Waals surface area contributed by atoms with Crippen LogP contribution in [-0.4, -0.2) is 120 Å². The number of hydrogen-bond donors (Lipinski definition) is 3. The molecule has 2 atom stereocenters. The van der Waals surface area contributed by atoms with E-state index >= 15 is 0 Å². The molecule has 2 fully saturated rings. The Bertz CT molecular complexity index is 1450. The Kier molecular flexibility index (Phi) is 9.48. The number of ether oxygens (including phenoxy) is 3. The predicted molar refractivity (Wildman–Crippen MR) is 176 cm³/mol. The van der Waals surface area contributed by atoms with Crippen molar-refractivity contribution in [2.24, 2.45) is 10.7 Å². The van der Waals surface area contributed by atoms with Crippen molar-refractivity contribution in [2.45, 2.75) is 58.8 Å². The van der Waals surface area contributed by atoms with Crippen LogP contribution in [0.4, 0.5) is 21.0 Å². The molecule has 5 rings (SSSR count). The third-order valence-corrected chi connectivity index (χ3v) is 8.08. The highest BCUT2D eigenvalue weighted by molar-refractivity contribution is 6.04. The summed E-state index contributed by atoms with van der Waals surface area (Å²) >= 11 is 0. The zero-order chi connectivity index (χ0) is 34.1. The molecule has 256 valence electrons. The number of carbonyl (C=O) groups is 3. The number of rotatable bonds is 6. The van der Waals surface area contributed by atoms with Crippen molar-refractivity contribution >= 4 is 35.3 Å². The number of primary amides is 1.